The van der Waals surface area contributed by atoms with Crippen molar-refractivity contribution in [3.05, 3.63) is 90.0 Å². The minimum Gasteiger partial charge on any atom is -0.283 e. The van der Waals surface area contributed by atoms with Crippen LogP contribution in [0.2, 0.25) is 0 Å². The van der Waals surface area contributed by atoms with Gasteiger partial charge in [-0.3, -0.25) is 4.72 Å². The molecule has 122 valence electrons. The lowest BCUT2D eigenvalue weighted by Gasteiger charge is -2.14. The molecule has 0 aliphatic rings. The molecule has 0 saturated carbocycles. The average Bonchev–Trinajstić information content (AvgIpc) is 2.57. The molecule has 0 aliphatic heterocycles. The maximum absolute atomic E-state index is 12.5. The van der Waals surface area contributed by atoms with Crippen LogP contribution < -0.4 is 4.72 Å². The summed E-state index contributed by atoms with van der Waals surface area (Å²) in [5.41, 5.74) is 4.31. The zero-order valence-corrected chi connectivity index (χ0v) is 14.3. The molecule has 3 aromatic carbocycles. The number of benzene rings is 3. The van der Waals surface area contributed by atoms with Crippen LogP contribution in [-0.4, -0.2) is 8.42 Å². The van der Waals surface area contributed by atoms with Crippen LogP contribution in [0.15, 0.2) is 78.9 Å². The monoisotopic (exact) mass is 337 g/mol. The number of nitrogens with one attached hydrogen (secondary N) is 1. The van der Waals surface area contributed by atoms with Crippen LogP contribution in [0.4, 0.5) is 5.69 Å². The van der Waals surface area contributed by atoms with Gasteiger partial charge in [-0.1, -0.05) is 72.3 Å². The molecule has 0 aromatic heterocycles. The Morgan fingerprint density at radius 3 is 2.12 bits per heavy atom. The highest BCUT2D eigenvalue weighted by molar-refractivity contribution is 7.91. The Bertz CT molecular complexity index is 920. The first-order valence-corrected chi connectivity index (χ1v) is 9.39. The summed E-state index contributed by atoms with van der Waals surface area (Å²) in [7, 11) is -3.48. The largest absolute Gasteiger partial charge is 0.283 e. The van der Waals surface area contributed by atoms with Gasteiger partial charge >= 0.3 is 0 Å². The van der Waals surface area contributed by atoms with Gasteiger partial charge in [0.2, 0.25) is 10.0 Å². The van der Waals surface area contributed by atoms with Gasteiger partial charge in [0.05, 0.1) is 11.4 Å². The highest BCUT2D eigenvalue weighted by Crippen LogP contribution is 2.30. The molecule has 0 amide bonds. The van der Waals surface area contributed by atoms with Crippen molar-refractivity contribution in [2.45, 2.75) is 12.7 Å². The van der Waals surface area contributed by atoms with E-state index in [4.69, 9.17) is 0 Å². The summed E-state index contributed by atoms with van der Waals surface area (Å²) < 4.78 is 27.8. The van der Waals surface area contributed by atoms with E-state index in [1.807, 2.05) is 85.8 Å². The van der Waals surface area contributed by atoms with Gasteiger partial charge in [-0.25, -0.2) is 8.42 Å². The second kappa shape index (κ2) is 6.89. The summed E-state index contributed by atoms with van der Waals surface area (Å²) in [6, 6.07) is 24.7. The van der Waals surface area contributed by atoms with E-state index in [1.165, 1.54) is 0 Å². The van der Waals surface area contributed by atoms with Gasteiger partial charge < -0.3 is 0 Å². The van der Waals surface area contributed by atoms with Gasteiger partial charge in [0.15, 0.2) is 0 Å². The maximum Gasteiger partial charge on any atom is 0.236 e. The smallest absolute Gasteiger partial charge is 0.236 e. The molecule has 24 heavy (non-hydrogen) atoms. The SMILES string of the molecule is Cc1ccc(NS(=O)(=O)Cc2ccccc2)c(-c2ccccc2)c1. The molecule has 0 fully saturated rings. The minimum atomic E-state index is -3.48. The van der Waals surface area contributed by atoms with Crippen molar-refractivity contribution >= 4 is 15.7 Å². The summed E-state index contributed by atoms with van der Waals surface area (Å²) in [4.78, 5) is 0. The van der Waals surface area contributed by atoms with Crippen molar-refractivity contribution in [3.8, 4) is 11.1 Å². The van der Waals surface area contributed by atoms with E-state index in [-0.39, 0.29) is 5.75 Å². The standard InChI is InChI=1S/C20H19NO2S/c1-16-12-13-20(19(14-16)18-10-6-3-7-11-18)21-24(22,23)15-17-8-4-2-5-9-17/h2-14,21H,15H2,1H3. The molecule has 0 atom stereocenters. The fraction of sp³-hybridized carbons (Fsp3) is 0.100. The van der Waals surface area contributed by atoms with E-state index in [0.717, 1.165) is 22.3 Å². The number of hydrogen-bond donors (Lipinski definition) is 1. The Balaban J connectivity index is 1.93. The maximum atomic E-state index is 12.5. The molecule has 0 unspecified atom stereocenters. The number of aryl methyl sites for hydroxylation is 1. The van der Waals surface area contributed by atoms with E-state index < -0.39 is 10.0 Å². The molecule has 0 radical (unpaired) electrons. The molecule has 0 aliphatic carbocycles. The van der Waals surface area contributed by atoms with E-state index in [9.17, 15) is 8.42 Å². The number of hydrogen-bond acceptors (Lipinski definition) is 2. The minimum absolute atomic E-state index is 0.0457. The van der Waals surface area contributed by atoms with Gasteiger partial charge in [0.1, 0.15) is 0 Å². The lowest BCUT2D eigenvalue weighted by atomic mass is 10.0. The van der Waals surface area contributed by atoms with E-state index >= 15 is 0 Å². The van der Waals surface area contributed by atoms with Crippen molar-refractivity contribution in [2.24, 2.45) is 0 Å². The third-order valence-corrected chi connectivity index (χ3v) is 4.97. The van der Waals surface area contributed by atoms with Gasteiger partial charge in [-0.2, -0.15) is 0 Å². The fourth-order valence-electron chi connectivity index (χ4n) is 2.60. The molecule has 4 heteroatoms. The molecule has 0 spiro atoms. The topological polar surface area (TPSA) is 46.2 Å². The first-order chi connectivity index (χ1) is 11.5. The summed E-state index contributed by atoms with van der Waals surface area (Å²) in [6.07, 6.45) is 0. The third-order valence-electron chi connectivity index (χ3n) is 3.72. The first-order valence-electron chi connectivity index (χ1n) is 7.74. The van der Waals surface area contributed by atoms with Crippen LogP contribution in [0, 0.1) is 6.92 Å². The Kier molecular flexibility index (Phi) is 4.67. The third kappa shape index (κ3) is 4.03. The van der Waals surface area contributed by atoms with Gasteiger partial charge in [-0.15, -0.1) is 0 Å². The van der Waals surface area contributed by atoms with E-state index in [1.54, 1.807) is 0 Å². The highest BCUT2D eigenvalue weighted by Gasteiger charge is 2.15. The molecular formula is C20H19NO2S. The van der Waals surface area contributed by atoms with Crippen LogP contribution in [0.5, 0.6) is 0 Å². The second-order valence-electron chi connectivity index (χ2n) is 5.76. The first kappa shape index (κ1) is 16.3. The van der Waals surface area contributed by atoms with Crippen LogP contribution in [0.3, 0.4) is 0 Å². The number of sulfonamides is 1. The van der Waals surface area contributed by atoms with Crippen LogP contribution in [-0.2, 0) is 15.8 Å². The van der Waals surface area contributed by atoms with Crippen LogP contribution in [0.25, 0.3) is 11.1 Å². The zero-order chi connectivity index (χ0) is 17.0. The summed E-state index contributed by atoms with van der Waals surface area (Å²) in [5, 5.41) is 0. The quantitative estimate of drug-likeness (QED) is 0.739. The number of anilines is 1. The Labute approximate surface area is 143 Å². The summed E-state index contributed by atoms with van der Waals surface area (Å²) >= 11 is 0. The normalized spacial score (nSPS) is 11.2. The Hall–Kier alpha value is -2.59. The Morgan fingerprint density at radius 2 is 1.46 bits per heavy atom. The van der Waals surface area contributed by atoms with Crippen molar-refractivity contribution in [3.63, 3.8) is 0 Å². The lowest BCUT2D eigenvalue weighted by molar-refractivity contribution is 0.600. The molecule has 0 bridgehead atoms. The van der Waals surface area contributed by atoms with E-state index in [0.29, 0.717) is 5.69 Å². The van der Waals surface area contributed by atoms with Crippen molar-refractivity contribution < 1.29 is 8.42 Å². The van der Waals surface area contributed by atoms with Crippen molar-refractivity contribution in [1.29, 1.82) is 0 Å². The zero-order valence-electron chi connectivity index (χ0n) is 13.4. The van der Waals surface area contributed by atoms with Gasteiger partial charge in [-0.05, 0) is 30.2 Å². The highest BCUT2D eigenvalue weighted by atomic mass is 32.2. The molecule has 1 N–H and O–H groups in total. The molecular weight excluding hydrogens is 318 g/mol. The van der Waals surface area contributed by atoms with Crippen LogP contribution >= 0.6 is 0 Å². The fourth-order valence-corrected chi connectivity index (χ4v) is 3.82. The van der Waals surface area contributed by atoms with Crippen molar-refractivity contribution in [2.75, 3.05) is 4.72 Å². The summed E-state index contributed by atoms with van der Waals surface area (Å²) in [5.74, 6) is -0.0457. The molecule has 0 saturated heterocycles. The molecule has 3 rings (SSSR count). The van der Waals surface area contributed by atoms with Gasteiger partial charge in [0, 0.05) is 5.56 Å². The molecule has 3 nitrogen and oxygen atoms in total. The lowest BCUT2D eigenvalue weighted by Crippen LogP contribution is -2.15. The summed E-state index contributed by atoms with van der Waals surface area (Å²) in [6.45, 7) is 1.99. The van der Waals surface area contributed by atoms with Crippen LogP contribution in [0.1, 0.15) is 11.1 Å². The van der Waals surface area contributed by atoms with Crippen molar-refractivity contribution in [1.82, 2.24) is 0 Å². The van der Waals surface area contributed by atoms with E-state index in [2.05, 4.69) is 4.72 Å². The average molecular weight is 337 g/mol. The molecule has 3 aromatic rings. The van der Waals surface area contributed by atoms with Gasteiger partial charge in [0.25, 0.3) is 0 Å². The number of rotatable bonds is 5. The predicted octanol–water partition coefficient (Wildman–Crippen LogP) is 4.60. The second-order valence-corrected chi connectivity index (χ2v) is 7.48. The molecule has 0 heterocycles. The predicted molar refractivity (Wildman–Crippen MR) is 99.3 cm³/mol. The Morgan fingerprint density at radius 1 is 0.833 bits per heavy atom.